The molecule has 0 heterocycles. The van der Waals surface area contributed by atoms with Crippen molar-refractivity contribution in [1.29, 1.82) is 0 Å². The van der Waals surface area contributed by atoms with Crippen LogP contribution >= 0.6 is 0 Å². The molecule has 0 spiro atoms. The van der Waals surface area contributed by atoms with Gasteiger partial charge >= 0.3 is 53.9 Å². The second kappa shape index (κ2) is 10.9. The lowest BCUT2D eigenvalue weighted by Gasteiger charge is -2.39. The van der Waals surface area contributed by atoms with E-state index < -0.39 is 85.4 Å². The Balaban J connectivity index is 6.07. The summed E-state index contributed by atoms with van der Waals surface area (Å²) < 4.78 is 215. The summed E-state index contributed by atoms with van der Waals surface area (Å²) in [6.45, 7) is 1.55. The minimum atomic E-state index is -8.33. The normalized spacial score (nSPS) is 16.3. The van der Waals surface area contributed by atoms with Crippen LogP contribution in [0.15, 0.2) is 0 Å². The van der Waals surface area contributed by atoms with Crippen molar-refractivity contribution in [3.63, 3.8) is 0 Å². The molecule has 0 rings (SSSR count). The fourth-order valence-electron chi connectivity index (χ4n) is 2.18. The third kappa shape index (κ3) is 7.02. The molecule has 0 saturated carbocycles. The summed E-state index contributed by atoms with van der Waals surface area (Å²) in [4.78, 5) is 22.8. The molecule has 20 heteroatoms. The fraction of sp³-hybridized carbons (Fsp3) is 0.882. The Hall–Kier alpha value is -2.18. The molecule has 0 aromatic carbocycles. The summed E-state index contributed by atoms with van der Waals surface area (Å²) in [7, 11) is 0. The molecule has 0 saturated heterocycles. The van der Waals surface area contributed by atoms with Gasteiger partial charge in [0.15, 0.2) is 0 Å². The molecule has 2 atom stereocenters. The monoisotopic (exact) mass is 588 g/mol. The predicted octanol–water partition coefficient (Wildman–Crippen LogP) is 6.57. The number of carbonyl (C=O) groups is 2. The van der Waals surface area contributed by atoms with Gasteiger partial charge in [-0.25, -0.2) is 4.79 Å². The van der Waals surface area contributed by atoms with E-state index in [4.69, 9.17) is 0 Å². The second-order valence-corrected chi connectivity index (χ2v) is 7.48. The number of carbonyl (C=O) groups excluding carboxylic acids is 2. The Labute approximate surface area is 196 Å². The van der Waals surface area contributed by atoms with Crippen molar-refractivity contribution in [2.45, 2.75) is 81.2 Å². The van der Waals surface area contributed by atoms with Crippen LogP contribution < -0.4 is 0 Å². The predicted molar refractivity (Wildman–Crippen MR) is 86.4 cm³/mol. The van der Waals surface area contributed by atoms with Gasteiger partial charge in [-0.3, -0.25) is 4.79 Å². The molecule has 0 aliphatic carbocycles. The molecular formula is C17H16F16O4. The second-order valence-electron chi connectivity index (χ2n) is 7.48. The summed E-state index contributed by atoms with van der Waals surface area (Å²) in [5.41, 5.74) is 0. The molecule has 0 radical (unpaired) electrons. The Morgan fingerprint density at radius 3 is 1.51 bits per heavy atom. The molecule has 0 amide bonds. The van der Waals surface area contributed by atoms with Crippen molar-refractivity contribution in [1.82, 2.24) is 0 Å². The van der Waals surface area contributed by atoms with Crippen LogP contribution in [-0.2, 0) is 19.1 Å². The average molecular weight is 588 g/mol. The molecule has 0 N–H and O–H groups in total. The largest absolute Gasteiger partial charge is 0.465 e. The smallest absolute Gasteiger partial charge is 0.460 e. The number of rotatable bonds is 12. The van der Waals surface area contributed by atoms with Crippen LogP contribution in [0.1, 0.15) is 33.1 Å². The number of hydrogen-bond acceptors (Lipinski definition) is 4. The molecule has 0 bridgehead atoms. The van der Waals surface area contributed by atoms with Crippen LogP contribution in [0.4, 0.5) is 70.2 Å². The van der Waals surface area contributed by atoms with Gasteiger partial charge < -0.3 is 9.47 Å². The highest BCUT2D eigenvalue weighted by Crippen LogP contribution is 2.60. The van der Waals surface area contributed by atoms with Gasteiger partial charge in [0, 0.05) is 6.42 Å². The Morgan fingerprint density at radius 2 is 1.14 bits per heavy atom. The topological polar surface area (TPSA) is 52.6 Å². The maximum Gasteiger partial charge on any atom is 0.460 e. The highest BCUT2D eigenvalue weighted by Gasteiger charge is 2.92. The Kier molecular flexibility index (Phi) is 10.3. The summed E-state index contributed by atoms with van der Waals surface area (Å²) in [6.07, 6.45) is -19.9. The third-order valence-corrected chi connectivity index (χ3v) is 4.62. The lowest BCUT2D eigenvalue weighted by Crippen LogP contribution is -2.71. The maximum atomic E-state index is 13.8. The van der Waals surface area contributed by atoms with Crippen LogP contribution in [0.2, 0.25) is 0 Å². The summed E-state index contributed by atoms with van der Waals surface area (Å²) >= 11 is 0. The molecule has 4 nitrogen and oxygen atoms in total. The van der Waals surface area contributed by atoms with Crippen molar-refractivity contribution in [3.8, 4) is 0 Å². The zero-order valence-electron chi connectivity index (χ0n) is 18.2. The molecule has 0 aliphatic rings. The highest BCUT2D eigenvalue weighted by molar-refractivity contribution is 5.79. The number of ether oxygens (including phenoxy) is 2. The standard InChI is InChI=1S/C17H16F16O4/c1-3-7(2)9(34)36-5-4-8(6-11(18,19)20)37-10(35)12(21,22)13(23,24)14(25,26)15(27,28)16(29,30)17(31,32)33/h7-8H,3-6H2,1-2H3. The van der Waals surface area contributed by atoms with Crippen molar-refractivity contribution < 1.29 is 89.3 Å². The van der Waals surface area contributed by atoms with Crippen molar-refractivity contribution in [3.05, 3.63) is 0 Å². The van der Waals surface area contributed by atoms with Gasteiger partial charge in [-0.1, -0.05) is 13.8 Å². The van der Waals surface area contributed by atoms with Crippen LogP contribution in [0.25, 0.3) is 0 Å². The van der Waals surface area contributed by atoms with Gasteiger partial charge in [-0.05, 0) is 6.42 Å². The lowest BCUT2D eigenvalue weighted by atomic mass is 9.94. The Morgan fingerprint density at radius 1 is 0.703 bits per heavy atom. The summed E-state index contributed by atoms with van der Waals surface area (Å²) in [6, 6.07) is 0. The molecule has 0 aromatic heterocycles. The number of hydrogen-bond donors (Lipinski definition) is 0. The zero-order chi connectivity index (χ0) is 30.1. The minimum absolute atomic E-state index is 0.132. The Bertz CT molecular complexity index is 802. The van der Waals surface area contributed by atoms with E-state index in [9.17, 15) is 79.8 Å². The molecule has 2 unspecified atom stereocenters. The molecule has 0 fully saturated rings. The lowest BCUT2D eigenvalue weighted by molar-refractivity contribution is -0.437. The molecule has 220 valence electrons. The first-order chi connectivity index (χ1) is 16.1. The van der Waals surface area contributed by atoms with Crippen LogP contribution in [0, 0.1) is 5.92 Å². The molecule has 0 aromatic rings. The first-order valence-electron chi connectivity index (χ1n) is 9.52. The fourth-order valence-corrected chi connectivity index (χ4v) is 2.18. The third-order valence-electron chi connectivity index (χ3n) is 4.62. The first kappa shape index (κ1) is 34.8. The number of halogens is 16. The SMILES string of the molecule is CCC(C)C(=O)OCCC(CC(F)(F)F)OC(=O)C(F)(F)C(F)(F)C(F)(F)C(F)(F)C(F)(F)C(F)(F)F. The van der Waals surface area contributed by atoms with Crippen LogP contribution in [-0.4, -0.2) is 66.6 Å². The first-order valence-corrected chi connectivity index (χ1v) is 9.52. The summed E-state index contributed by atoms with van der Waals surface area (Å²) in [5, 5.41) is 0. The molecular weight excluding hydrogens is 572 g/mol. The van der Waals surface area contributed by atoms with E-state index in [-0.39, 0.29) is 6.42 Å². The van der Waals surface area contributed by atoms with E-state index >= 15 is 0 Å². The van der Waals surface area contributed by atoms with Crippen molar-refractivity contribution >= 4 is 11.9 Å². The minimum Gasteiger partial charge on any atom is -0.465 e. The van der Waals surface area contributed by atoms with Gasteiger partial charge in [-0.15, -0.1) is 0 Å². The van der Waals surface area contributed by atoms with Crippen LogP contribution in [0.3, 0.4) is 0 Å². The van der Waals surface area contributed by atoms with Gasteiger partial charge in [0.25, 0.3) is 0 Å². The van der Waals surface area contributed by atoms with Gasteiger partial charge in [0.2, 0.25) is 0 Å². The van der Waals surface area contributed by atoms with Crippen LogP contribution in [0.5, 0.6) is 0 Å². The number of esters is 2. The number of alkyl halides is 16. The van der Waals surface area contributed by atoms with Crippen molar-refractivity contribution in [2.24, 2.45) is 5.92 Å². The van der Waals surface area contributed by atoms with E-state index in [1.54, 1.807) is 0 Å². The van der Waals surface area contributed by atoms with Gasteiger partial charge in [0.05, 0.1) is 18.9 Å². The van der Waals surface area contributed by atoms with E-state index in [1.165, 1.54) is 13.8 Å². The average Bonchev–Trinajstić information content (AvgIpc) is 2.70. The quantitative estimate of drug-likeness (QED) is 0.191. The summed E-state index contributed by atoms with van der Waals surface area (Å²) in [5.74, 6) is -46.2. The molecule has 37 heavy (non-hydrogen) atoms. The zero-order valence-corrected chi connectivity index (χ0v) is 18.2. The van der Waals surface area contributed by atoms with Crippen molar-refractivity contribution in [2.75, 3.05) is 6.61 Å². The van der Waals surface area contributed by atoms with E-state index in [0.29, 0.717) is 0 Å². The van der Waals surface area contributed by atoms with E-state index in [1.807, 2.05) is 0 Å². The van der Waals surface area contributed by atoms with Gasteiger partial charge in [0.1, 0.15) is 6.10 Å². The van der Waals surface area contributed by atoms with Gasteiger partial charge in [-0.2, -0.15) is 70.2 Å². The highest BCUT2D eigenvalue weighted by atomic mass is 19.4. The maximum absolute atomic E-state index is 13.8. The van der Waals surface area contributed by atoms with E-state index in [0.717, 1.165) is 0 Å². The van der Waals surface area contributed by atoms with E-state index in [2.05, 4.69) is 9.47 Å². The molecule has 0 aliphatic heterocycles.